The summed E-state index contributed by atoms with van der Waals surface area (Å²) in [5.74, 6) is 0.347. The van der Waals surface area contributed by atoms with Gasteiger partial charge >= 0.3 is 0 Å². The number of aromatic hydroxyl groups is 1. The molecule has 1 atom stereocenters. The highest BCUT2D eigenvalue weighted by molar-refractivity contribution is 5.27. The summed E-state index contributed by atoms with van der Waals surface area (Å²) in [7, 11) is 2.22. The molecule has 1 aliphatic carbocycles. The van der Waals surface area contributed by atoms with E-state index in [0.29, 0.717) is 11.8 Å². The summed E-state index contributed by atoms with van der Waals surface area (Å²) in [5.41, 5.74) is 1.28. The molecular weight excluding hydrogens is 198 g/mol. The molecule has 16 heavy (non-hydrogen) atoms. The van der Waals surface area contributed by atoms with Crippen LogP contribution in [0.1, 0.15) is 44.2 Å². The van der Waals surface area contributed by atoms with Gasteiger partial charge in [0.15, 0.2) is 0 Å². The Labute approximate surface area is 97.9 Å². The summed E-state index contributed by atoms with van der Waals surface area (Å²) in [6.45, 7) is 2.24. The molecule has 2 rings (SSSR count). The van der Waals surface area contributed by atoms with Gasteiger partial charge in [-0.1, -0.05) is 25.0 Å². The minimum absolute atomic E-state index is 0.347. The van der Waals surface area contributed by atoms with Crippen molar-refractivity contribution in [3.05, 3.63) is 29.8 Å². The van der Waals surface area contributed by atoms with Crippen molar-refractivity contribution < 1.29 is 5.11 Å². The van der Waals surface area contributed by atoms with Crippen molar-refractivity contribution in [2.45, 2.75) is 44.7 Å². The van der Waals surface area contributed by atoms with Crippen molar-refractivity contribution in [1.29, 1.82) is 0 Å². The van der Waals surface area contributed by atoms with Crippen LogP contribution in [0.2, 0.25) is 0 Å². The molecule has 0 spiro atoms. The zero-order valence-electron chi connectivity index (χ0n) is 10.2. The van der Waals surface area contributed by atoms with Gasteiger partial charge < -0.3 is 5.11 Å². The van der Waals surface area contributed by atoms with Crippen LogP contribution in [0, 0.1) is 0 Å². The minimum atomic E-state index is 0.347. The lowest BCUT2D eigenvalue weighted by Crippen LogP contribution is -2.31. The fourth-order valence-corrected chi connectivity index (χ4v) is 2.62. The van der Waals surface area contributed by atoms with Crippen LogP contribution in [0.15, 0.2) is 24.3 Å². The van der Waals surface area contributed by atoms with Crippen LogP contribution in [0.25, 0.3) is 0 Å². The summed E-state index contributed by atoms with van der Waals surface area (Å²) in [6.07, 6.45) is 5.41. The third kappa shape index (κ3) is 2.38. The first-order valence-electron chi connectivity index (χ1n) is 6.19. The molecule has 1 N–H and O–H groups in total. The first-order valence-corrected chi connectivity index (χ1v) is 6.19. The SMILES string of the molecule is CC(c1ccc(O)cc1)N(C)C1CCCC1. The largest absolute Gasteiger partial charge is 0.508 e. The van der Waals surface area contributed by atoms with E-state index in [-0.39, 0.29) is 0 Å². The lowest BCUT2D eigenvalue weighted by molar-refractivity contribution is 0.187. The number of hydrogen-bond donors (Lipinski definition) is 1. The molecule has 0 bridgehead atoms. The smallest absolute Gasteiger partial charge is 0.115 e. The molecular formula is C14H21NO. The van der Waals surface area contributed by atoms with Crippen LogP contribution in [0.3, 0.4) is 0 Å². The van der Waals surface area contributed by atoms with Crippen molar-refractivity contribution in [1.82, 2.24) is 4.90 Å². The van der Waals surface area contributed by atoms with Crippen molar-refractivity contribution in [2.75, 3.05) is 7.05 Å². The molecule has 88 valence electrons. The third-order valence-electron chi connectivity index (χ3n) is 3.89. The van der Waals surface area contributed by atoms with Crippen molar-refractivity contribution in [3.8, 4) is 5.75 Å². The first kappa shape index (κ1) is 11.5. The number of nitrogens with zero attached hydrogens (tertiary/aromatic N) is 1. The highest BCUT2D eigenvalue weighted by Crippen LogP contribution is 2.29. The number of phenolic OH excluding ortho intramolecular Hbond substituents is 1. The Morgan fingerprint density at radius 3 is 2.31 bits per heavy atom. The molecule has 1 fully saturated rings. The van der Waals surface area contributed by atoms with Crippen molar-refractivity contribution in [2.24, 2.45) is 0 Å². The van der Waals surface area contributed by atoms with E-state index in [1.807, 2.05) is 12.1 Å². The molecule has 1 aliphatic rings. The Bertz CT molecular complexity index is 327. The number of phenols is 1. The monoisotopic (exact) mass is 219 g/mol. The van der Waals surface area contributed by atoms with Gasteiger partial charge in [-0.15, -0.1) is 0 Å². The fraction of sp³-hybridized carbons (Fsp3) is 0.571. The summed E-state index contributed by atoms with van der Waals surface area (Å²) < 4.78 is 0. The molecule has 2 heteroatoms. The average molecular weight is 219 g/mol. The lowest BCUT2D eigenvalue weighted by atomic mass is 10.0. The van der Waals surface area contributed by atoms with Gasteiger partial charge in [0.05, 0.1) is 0 Å². The second kappa shape index (κ2) is 4.88. The Balaban J connectivity index is 2.05. The van der Waals surface area contributed by atoms with Crippen LogP contribution in [-0.2, 0) is 0 Å². The lowest BCUT2D eigenvalue weighted by Gasteiger charge is -2.30. The van der Waals surface area contributed by atoms with Gasteiger partial charge in [0.2, 0.25) is 0 Å². The number of benzene rings is 1. The summed E-state index contributed by atoms with van der Waals surface area (Å²) in [5, 5.41) is 9.27. The van der Waals surface area contributed by atoms with E-state index in [0.717, 1.165) is 6.04 Å². The van der Waals surface area contributed by atoms with Gasteiger partial charge in [0.25, 0.3) is 0 Å². The molecule has 1 aromatic carbocycles. The Morgan fingerprint density at radius 2 is 1.75 bits per heavy atom. The van der Waals surface area contributed by atoms with Crippen LogP contribution < -0.4 is 0 Å². The highest BCUT2D eigenvalue weighted by Gasteiger charge is 2.23. The molecule has 0 saturated heterocycles. The van der Waals surface area contributed by atoms with Crippen LogP contribution in [0.4, 0.5) is 0 Å². The molecule has 1 aromatic rings. The molecule has 2 nitrogen and oxygen atoms in total. The van der Waals surface area contributed by atoms with E-state index < -0.39 is 0 Å². The molecule has 0 aromatic heterocycles. The second-order valence-electron chi connectivity index (χ2n) is 4.87. The van der Waals surface area contributed by atoms with Crippen molar-refractivity contribution in [3.63, 3.8) is 0 Å². The molecule has 0 heterocycles. The maximum absolute atomic E-state index is 9.27. The molecule has 0 radical (unpaired) electrons. The average Bonchev–Trinajstić information content (AvgIpc) is 2.81. The van der Waals surface area contributed by atoms with E-state index in [1.165, 1.54) is 31.2 Å². The molecule has 1 unspecified atom stereocenters. The predicted molar refractivity (Wildman–Crippen MR) is 66.5 cm³/mol. The van der Waals surface area contributed by atoms with Crippen LogP contribution in [-0.4, -0.2) is 23.1 Å². The number of hydrogen-bond acceptors (Lipinski definition) is 2. The summed E-state index contributed by atoms with van der Waals surface area (Å²) in [4.78, 5) is 2.47. The topological polar surface area (TPSA) is 23.5 Å². The molecule has 1 saturated carbocycles. The van der Waals surface area contributed by atoms with E-state index in [2.05, 4.69) is 18.9 Å². The van der Waals surface area contributed by atoms with Crippen LogP contribution in [0.5, 0.6) is 5.75 Å². The Hall–Kier alpha value is -1.02. The Kier molecular flexibility index (Phi) is 3.49. The maximum Gasteiger partial charge on any atom is 0.115 e. The van der Waals surface area contributed by atoms with E-state index >= 15 is 0 Å². The third-order valence-corrected chi connectivity index (χ3v) is 3.89. The van der Waals surface area contributed by atoms with Gasteiger partial charge in [-0.2, -0.15) is 0 Å². The maximum atomic E-state index is 9.27. The first-order chi connectivity index (χ1) is 7.68. The second-order valence-corrected chi connectivity index (χ2v) is 4.87. The van der Waals surface area contributed by atoms with E-state index in [1.54, 1.807) is 12.1 Å². The van der Waals surface area contributed by atoms with Gasteiger partial charge in [-0.25, -0.2) is 0 Å². The van der Waals surface area contributed by atoms with Gasteiger partial charge in [-0.05, 0) is 44.5 Å². The zero-order chi connectivity index (χ0) is 11.5. The molecule has 0 amide bonds. The summed E-state index contributed by atoms with van der Waals surface area (Å²) in [6, 6.07) is 8.76. The Morgan fingerprint density at radius 1 is 1.19 bits per heavy atom. The quantitative estimate of drug-likeness (QED) is 0.843. The zero-order valence-corrected chi connectivity index (χ0v) is 10.2. The van der Waals surface area contributed by atoms with Crippen LogP contribution >= 0.6 is 0 Å². The van der Waals surface area contributed by atoms with E-state index in [4.69, 9.17) is 0 Å². The van der Waals surface area contributed by atoms with E-state index in [9.17, 15) is 5.11 Å². The highest BCUT2D eigenvalue weighted by atomic mass is 16.3. The molecule has 0 aliphatic heterocycles. The minimum Gasteiger partial charge on any atom is -0.508 e. The number of rotatable bonds is 3. The standard InChI is InChI=1S/C14H21NO/c1-11(12-7-9-14(16)10-8-12)15(2)13-5-3-4-6-13/h7-11,13,16H,3-6H2,1-2H3. The fourth-order valence-electron chi connectivity index (χ4n) is 2.62. The summed E-state index contributed by atoms with van der Waals surface area (Å²) >= 11 is 0. The van der Waals surface area contributed by atoms with Gasteiger partial charge in [-0.3, -0.25) is 4.90 Å². The van der Waals surface area contributed by atoms with Gasteiger partial charge in [0, 0.05) is 12.1 Å². The predicted octanol–water partition coefficient (Wildman–Crippen LogP) is 3.33. The van der Waals surface area contributed by atoms with Gasteiger partial charge in [0.1, 0.15) is 5.75 Å². The van der Waals surface area contributed by atoms with Crippen molar-refractivity contribution >= 4 is 0 Å². The normalized spacial score (nSPS) is 19.2.